The summed E-state index contributed by atoms with van der Waals surface area (Å²) in [7, 11) is 0. The molecule has 2 aromatic carbocycles. The summed E-state index contributed by atoms with van der Waals surface area (Å²) < 4.78 is 1.93. The van der Waals surface area contributed by atoms with Crippen LogP contribution in [0.3, 0.4) is 0 Å². The van der Waals surface area contributed by atoms with E-state index < -0.39 is 0 Å². The Labute approximate surface area is 157 Å². The van der Waals surface area contributed by atoms with E-state index in [1.807, 2.05) is 4.68 Å². The predicted octanol–water partition coefficient (Wildman–Crippen LogP) is 3.03. The number of nitrogens with zero attached hydrogens (tertiary/aromatic N) is 5. The van der Waals surface area contributed by atoms with Crippen molar-refractivity contribution in [3.63, 3.8) is 0 Å². The highest BCUT2D eigenvalue weighted by Gasteiger charge is 2.19. The Balaban J connectivity index is 1.37. The van der Waals surface area contributed by atoms with Crippen LogP contribution in [0.5, 0.6) is 0 Å². The fourth-order valence-corrected chi connectivity index (χ4v) is 3.61. The molecule has 140 valence electrons. The molecular formula is C20H23N5O2. The molecule has 0 saturated carbocycles. The van der Waals surface area contributed by atoms with Crippen LogP contribution in [0.2, 0.25) is 0 Å². The average Bonchev–Trinajstić information content (AvgIpc) is 3.07. The van der Waals surface area contributed by atoms with Gasteiger partial charge in [0.05, 0.1) is 23.3 Å². The molecule has 1 aliphatic rings. The number of piperazine rings is 1. The molecule has 4 rings (SSSR count). The second-order valence-corrected chi connectivity index (χ2v) is 7.11. The van der Waals surface area contributed by atoms with Gasteiger partial charge in [-0.05, 0) is 24.1 Å². The lowest BCUT2D eigenvalue weighted by Crippen LogP contribution is -2.46. The summed E-state index contributed by atoms with van der Waals surface area (Å²) >= 11 is 0. The normalized spacial score (nSPS) is 16.0. The highest BCUT2D eigenvalue weighted by molar-refractivity contribution is 5.81. The van der Waals surface area contributed by atoms with Crippen molar-refractivity contribution < 1.29 is 4.92 Å². The van der Waals surface area contributed by atoms with E-state index in [-0.39, 0.29) is 10.6 Å². The molecule has 0 unspecified atom stereocenters. The number of hydrogen-bond donors (Lipinski definition) is 0. The zero-order chi connectivity index (χ0) is 18.8. The smallest absolute Gasteiger partial charge is 0.270 e. The molecule has 0 N–H and O–H groups in total. The molecule has 7 heteroatoms. The van der Waals surface area contributed by atoms with Crippen molar-refractivity contribution >= 4 is 16.6 Å². The average molecular weight is 365 g/mol. The molecule has 1 aliphatic heterocycles. The van der Waals surface area contributed by atoms with E-state index in [4.69, 9.17) is 0 Å². The summed E-state index contributed by atoms with van der Waals surface area (Å²) in [5.74, 6) is 0. The van der Waals surface area contributed by atoms with Gasteiger partial charge in [0.25, 0.3) is 5.69 Å². The third-order valence-electron chi connectivity index (χ3n) is 5.29. The van der Waals surface area contributed by atoms with Gasteiger partial charge in [0.1, 0.15) is 0 Å². The molecule has 2 heterocycles. The topological polar surface area (TPSA) is 67.4 Å². The predicted molar refractivity (Wildman–Crippen MR) is 104 cm³/mol. The monoisotopic (exact) mass is 365 g/mol. The maximum absolute atomic E-state index is 10.9. The van der Waals surface area contributed by atoms with Gasteiger partial charge in [-0.2, -0.15) is 5.10 Å². The first-order chi connectivity index (χ1) is 13.1. The molecule has 0 radical (unpaired) electrons. The van der Waals surface area contributed by atoms with Crippen LogP contribution < -0.4 is 0 Å². The van der Waals surface area contributed by atoms with Crippen LogP contribution >= 0.6 is 0 Å². The van der Waals surface area contributed by atoms with Crippen molar-refractivity contribution in [1.29, 1.82) is 0 Å². The number of non-ortho nitro benzene ring substituents is 1. The first kappa shape index (κ1) is 17.6. The minimum Gasteiger partial charge on any atom is -0.297 e. The van der Waals surface area contributed by atoms with E-state index in [9.17, 15) is 10.1 Å². The maximum Gasteiger partial charge on any atom is 0.270 e. The Kier molecular flexibility index (Phi) is 4.87. The minimum atomic E-state index is -0.371. The quantitative estimate of drug-likeness (QED) is 0.514. The number of aromatic nitrogens is 2. The Morgan fingerprint density at radius 3 is 2.56 bits per heavy atom. The third-order valence-corrected chi connectivity index (χ3v) is 5.29. The largest absolute Gasteiger partial charge is 0.297 e. The van der Waals surface area contributed by atoms with Crippen LogP contribution in [0.25, 0.3) is 10.9 Å². The van der Waals surface area contributed by atoms with Crippen molar-refractivity contribution in [2.45, 2.75) is 20.1 Å². The van der Waals surface area contributed by atoms with Crippen LogP contribution in [0.4, 0.5) is 5.69 Å². The first-order valence-corrected chi connectivity index (χ1v) is 9.19. The van der Waals surface area contributed by atoms with Crippen LogP contribution in [-0.2, 0) is 13.2 Å². The van der Waals surface area contributed by atoms with Crippen molar-refractivity contribution in [2.24, 2.45) is 0 Å². The second-order valence-electron chi connectivity index (χ2n) is 7.11. The molecule has 7 nitrogen and oxygen atoms in total. The zero-order valence-corrected chi connectivity index (χ0v) is 15.4. The van der Waals surface area contributed by atoms with Crippen LogP contribution in [0, 0.1) is 17.0 Å². The van der Waals surface area contributed by atoms with Gasteiger partial charge in [-0.3, -0.25) is 24.6 Å². The molecule has 3 aromatic rings. The van der Waals surface area contributed by atoms with Crippen molar-refractivity contribution in [2.75, 3.05) is 26.2 Å². The van der Waals surface area contributed by atoms with Gasteiger partial charge in [-0.1, -0.05) is 24.3 Å². The van der Waals surface area contributed by atoms with Crippen LogP contribution in [-0.4, -0.2) is 50.7 Å². The molecule has 0 spiro atoms. The van der Waals surface area contributed by atoms with Gasteiger partial charge in [0.2, 0.25) is 0 Å². The van der Waals surface area contributed by atoms with Crippen LogP contribution in [0.1, 0.15) is 11.1 Å². The van der Waals surface area contributed by atoms with E-state index in [1.165, 1.54) is 11.1 Å². The van der Waals surface area contributed by atoms with Gasteiger partial charge in [-0.15, -0.1) is 0 Å². The number of fused-ring (bicyclic) bond motifs is 1. The Hall–Kier alpha value is -2.77. The van der Waals surface area contributed by atoms with Crippen LogP contribution in [0.15, 0.2) is 48.7 Å². The number of nitro groups is 1. The molecular weight excluding hydrogens is 342 g/mol. The van der Waals surface area contributed by atoms with E-state index in [0.29, 0.717) is 6.67 Å². The summed E-state index contributed by atoms with van der Waals surface area (Å²) in [5, 5.41) is 16.2. The van der Waals surface area contributed by atoms with Crippen molar-refractivity contribution in [3.05, 3.63) is 69.9 Å². The molecule has 1 saturated heterocycles. The fraction of sp³-hybridized carbons (Fsp3) is 0.350. The lowest BCUT2D eigenvalue weighted by Gasteiger charge is -2.34. The molecule has 0 aliphatic carbocycles. The maximum atomic E-state index is 10.9. The van der Waals surface area contributed by atoms with E-state index in [1.54, 1.807) is 24.4 Å². The van der Waals surface area contributed by atoms with E-state index in [0.717, 1.165) is 43.6 Å². The molecule has 1 fully saturated rings. The summed E-state index contributed by atoms with van der Waals surface area (Å²) in [6.45, 7) is 7.89. The first-order valence-electron chi connectivity index (χ1n) is 9.19. The molecule has 0 amide bonds. The van der Waals surface area contributed by atoms with Gasteiger partial charge in [0.15, 0.2) is 0 Å². The fourth-order valence-electron chi connectivity index (χ4n) is 3.61. The molecule has 1 aromatic heterocycles. The Morgan fingerprint density at radius 2 is 1.81 bits per heavy atom. The van der Waals surface area contributed by atoms with Gasteiger partial charge < -0.3 is 0 Å². The Morgan fingerprint density at radius 1 is 1.07 bits per heavy atom. The second kappa shape index (κ2) is 7.46. The number of rotatable bonds is 5. The van der Waals surface area contributed by atoms with Crippen molar-refractivity contribution in [3.8, 4) is 0 Å². The van der Waals surface area contributed by atoms with Gasteiger partial charge >= 0.3 is 0 Å². The number of nitro benzene ring substituents is 1. The number of hydrogen-bond acceptors (Lipinski definition) is 5. The molecule has 0 atom stereocenters. The highest BCUT2D eigenvalue weighted by Crippen LogP contribution is 2.21. The highest BCUT2D eigenvalue weighted by atomic mass is 16.6. The lowest BCUT2D eigenvalue weighted by atomic mass is 10.1. The number of benzene rings is 2. The summed E-state index contributed by atoms with van der Waals surface area (Å²) in [4.78, 5) is 15.4. The SMILES string of the molecule is Cc1ccccc1CN1CCN(Cn2ncc3cc([N+](=O)[O-])ccc32)CC1. The lowest BCUT2D eigenvalue weighted by molar-refractivity contribution is -0.384. The summed E-state index contributed by atoms with van der Waals surface area (Å²) in [5.41, 5.74) is 3.78. The van der Waals surface area contributed by atoms with E-state index >= 15 is 0 Å². The van der Waals surface area contributed by atoms with Gasteiger partial charge in [-0.25, -0.2) is 0 Å². The third kappa shape index (κ3) is 3.84. The molecule has 0 bridgehead atoms. The van der Waals surface area contributed by atoms with Crippen molar-refractivity contribution in [1.82, 2.24) is 19.6 Å². The zero-order valence-electron chi connectivity index (χ0n) is 15.4. The van der Waals surface area contributed by atoms with Gasteiger partial charge in [0, 0.05) is 50.2 Å². The Bertz CT molecular complexity index is 960. The van der Waals surface area contributed by atoms with E-state index in [2.05, 4.69) is 46.1 Å². The summed E-state index contributed by atoms with van der Waals surface area (Å²) in [6.07, 6.45) is 1.71. The minimum absolute atomic E-state index is 0.104. The standard InChI is InChI=1S/C20H23N5O2/c1-16-4-2-3-5-17(16)14-22-8-10-23(11-9-22)15-24-20-7-6-19(25(26)27)12-18(20)13-21-24/h2-7,12-13H,8-11,14-15H2,1H3. The molecule has 27 heavy (non-hydrogen) atoms. The summed E-state index contributed by atoms with van der Waals surface area (Å²) in [6, 6.07) is 13.5. The number of aryl methyl sites for hydroxylation is 1.